The Morgan fingerprint density at radius 2 is 2.29 bits per heavy atom. The van der Waals surface area contributed by atoms with E-state index in [-0.39, 0.29) is 6.61 Å². The molecule has 1 aliphatic heterocycles. The first kappa shape index (κ1) is 4.97. The number of hydrogen-bond acceptors (Lipinski definition) is 1. The summed E-state index contributed by atoms with van der Waals surface area (Å²) in [6.07, 6.45) is -0.715. The number of hydrogen-bond donors (Lipinski definition) is 0. The van der Waals surface area contributed by atoms with Crippen LogP contribution in [0.4, 0.5) is 8.78 Å². The highest BCUT2D eigenvalue weighted by Gasteiger charge is 2.47. The van der Waals surface area contributed by atoms with Crippen LogP contribution in [0.5, 0.6) is 0 Å². The van der Waals surface area contributed by atoms with E-state index >= 15 is 0 Å². The monoisotopic (exact) mass is 107 g/mol. The highest BCUT2D eigenvalue weighted by Crippen LogP contribution is 2.36. The van der Waals surface area contributed by atoms with Crippen LogP contribution in [-0.4, -0.2) is 12.5 Å². The summed E-state index contributed by atoms with van der Waals surface area (Å²) in [6.45, 7) is 0.874. The van der Waals surface area contributed by atoms with E-state index in [9.17, 15) is 8.78 Å². The van der Waals surface area contributed by atoms with Crippen LogP contribution in [-0.2, 0) is 4.74 Å². The summed E-state index contributed by atoms with van der Waals surface area (Å²) in [5, 5.41) is 0. The molecule has 1 nitrogen and oxygen atoms in total. The molecule has 0 aromatic rings. The van der Waals surface area contributed by atoms with Gasteiger partial charge in [0.05, 0.1) is 6.61 Å². The summed E-state index contributed by atoms with van der Waals surface area (Å²) in [7, 11) is 0. The zero-order valence-electron chi connectivity index (χ0n) is 3.87. The number of halogens is 2. The van der Waals surface area contributed by atoms with Gasteiger partial charge in [0.15, 0.2) is 0 Å². The van der Waals surface area contributed by atoms with E-state index in [4.69, 9.17) is 0 Å². The van der Waals surface area contributed by atoms with E-state index in [2.05, 4.69) is 4.74 Å². The van der Waals surface area contributed by atoms with Gasteiger partial charge in [0.1, 0.15) is 0 Å². The van der Waals surface area contributed by atoms with Gasteiger partial charge in [-0.25, -0.2) is 8.78 Å². The molecule has 1 fully saturated rings. The Kier molecular flexibility index (Phi) is 0.819. The van der Waals surface area contributed by atoms with E-state index in [0.29, 0.717) is 0 Å². The smallest absolute Gasteiger partial charge is 0.246 e. The highest BCUT2D eigenvalue weighted by atomic mass is 19.2. The molecule has 41 valence electrons. The molecule has 1 radical (unpaired) electrons. The van der Waals surface area contributed by atoms with E-state index < -0.39 is 12.0 Å². The van der Waals surface area contributed by atoms with Crippen LogP contribution in [0.15, 0.2) is 0 Å². The Morgan fingerprint density at radius 1 is 1.86 bits per heavy atom. The molecule has 3 heteroatoms. The molecule has 0 aromatic heterocycles. The number of rotatable bonds is 0. The predicted molar refractivity (Wildman–Crippen MR) is 19.8 cm³/mol. The summed E-state index contributed by atoms with van der Waals surface area (Å²) in [5.74, 6) is -2.07. The van der Waals surface area contributed by atoms with Crippen molar-refractivity contribution in [2.45, 2.75) is 12.8 Å². The van der Waals surface area contributed by atoms with Crippen molar-refractivity contribution >= 4 is 0 Å². The van der Waals surface area contributed by atoms with Gasteiger partial charge in [-0.15, -0.1) is 0 Å². The van der Waals surface area contributed by atoms with Crippen LogP contribution in [0.3, 0.4) is 0 Å². The van der Waals surface area contributed by atoms with Gasteiger partial charge in [0.25, 0.3) is 0 Å². The van der Waals surface area contributed by atoms with E-state index in [0.717, 1.165) is 6.92 Å². The molecule has 1 saturated heterocycles. The summed E-state index contributed by atoms with van der Waals surface area (Å²) in [4.78, 5) is 0. The molecule has 1 unspecified atom stereocenters. The standard InChI is InChI=1S/C4H5F2O/c1-4(6)3(5)2-7-4/h2H2,1H3. The fourth-order valence-electron chi connectivity index (χ4n) is 0.326. The molecule has 0 spiro atoms. The van der Waals surface area contributed by atoms with Crippen molar-refractivity contribution < 1.29 is 13.5 Å². The zero-order valence-corrected chi connectivity index (χ0v) is 3.87. The van der Waals surface area contributed by atoms with Crippen LogP contribution >= 0.6 is 0 Å². The second-order valence-electron chi connectivity index (χ2n) is 1.61. The average molecular weight is 107 g/mol. The Bertz CT molecular complexity index is 81.8. The first-order valence-corrected chi connectivity index (χ1v) is 1.97. The average Bonchev–Trinajstić information content (AvgIpc) is 1.63. The van der Waals surface area contributed by atoms with Crippen LogP contribution in [0.2, 0.25) is 0 Å². The third-order valence-corrected chi connectivity index (χ3v) is 0.954. The van der Waals surface area contributed by atoms with Crippen molar-refractivity contribution in [2.75, 3.05) is 6.61 Å². The van der Waals surface area contributed by atoms with Crippen molar-refractivity contribution in [1.29, 1.82) is 0 Å². The molecule has 1 aliphatic rings. The first-order chi connectivity index (χ1) is 3.13. The normalized spacial score (nSPS) is 43.3. The zero-order chi connectivity index (χ0) is 5.49. The number of alkyl halides is 1. The summed E-state index contributed by atoms with van der Waals surface area (Å²) < 4.78 is 27.8. The Labute approximate surface area is 40.3 Å². The van der Waals surface area contributed by atoms with Crippen LogP contribution < -0.4 is 0 Å². The second-order valence-corrected chi connectivity index (χ2v) is 1.61. The van der Waals surface area contributed by atoms with E-state index in [1.165, 1.54) is 0 Å². The van der Waals surface area contributed by atoms with Gasteiger partial charge in [0.2, 0.25) is 12.0 Å². The minimum absolute atomic E-state index is 0.174. The molecule has 7 heavy (non-hydrogen) atoms. The Morgan fingerprint density at radius 3 is 2.29 bits per heavy atom. The van der Waals surface area contributed by atoms with Gasteiger partial charge in [-0.3, -0.25) is 0 Å². The predicted octanol–water partition coefficient (Wildman–Crippen LogP) is 1.20. The molecule has 0 N–H and O–H groups in total. The van der Waals surface area contributed by atoms with Crippen LogP contribution in [0.1, 0.15) is 6.92 Å². The molecule has 1 heterocycles. The fraction of sp³-hybridized carbons (Fsp3) is 0.750. The molecular weight excluding hydrogens is 102 g/mol. The van der Waals surface area contributed by atoms with Gasteiger partial charge in [-0.2, -0.15) is 0 Å². The van der Waals surface area contributed by atoms with Crippen molar-refractivity contribution in [1.82, 2.24) is 0 Å². The SMILES string of the molecule is CC1(F)OC[C]1F. The van der Waals surface area contributed by atoms with Gasteiger partial charge < -0.3 is 4.74 Å². The van der Waals surface area contributed by atoms with E-state index in [1.54, 1.807) is 0 Å². The van der Waals surface area contributed by atoms with Crippen molar-refractivity contribution in [2.24, 2.45) is 0 Å². The maximum absolute atomic E-state index is 12.0. The van der Waals surface area contributed by atoms with Crippen LogP contribution in [0, 0.1) is 6.17 Å². The second kappa shape index (κ2) is 1.15. The fourth-order valence-corrected chi connectivity index (χ4v) is 0.326. The lowest BCUT2D eigenvalue weighted by atomic mass is 10.1. The number of ether oxygens (including phenoxy) is 1. The lowest BCUT2D eigenvalue weighted by Crippen LogP contribution is -2.42. The molecular formula is C4H5F2O. The quantitative estimate of drug-likeness (QED) is 0.452. The Hall–Kier alpha value is -0.180. The largest absolute Gasteiger partial charge is 0.340 e. The maximum atomic E-state index is 12.0. The molecule has 1 rings (SSSR count). The molecule has 0 bridgehead atoms. The molecule has 0 amide bonds. The minimum Gasteiger partial charge on any atom is -0.340 e. The summed E-state index contributed by atoms with van der Waals surface area (Å²) in [6, 6.07) is 0. The van der Waals surface area contributed by atoms with Gasteiger partial charge in [0, 0.05) is 0 Å². The highest BCUT2D eigenvalue weighted by molar-refractivity contribution is 4.99. The third-order valence-electron chi connectivity index (χ3n) is 0.954. The van der Waals surface area contributed by atoms with Gasteiger partial charge in [-0.05, 0) is 6.92 Å². The topological polar surface area (TPSA) is 9.23 Å². The van der Waals surface area contributed by atoms with Crippen LogP contribution in [0.25, 0.3) is 0 Å². The molecule has 1 atom stereocenters. The summed E-state index contributed by atoms with van der Waals surface area (Å²) >= 11 is 0. The summed E-state index contributed by atoms with van der Waals surface area (Å²) in [5.41, 5.74) is 0. The van der Waals surface area contributed by atoms with Crippen molar-refractivity contribution in [3.63, 3.8) is 0 Å². The molecule has 0 saturated carbocycles. The lowest BCUT2D eigenvalue weighted by molar-refractivity contribution is -0.220. The van der Waals surface area contributed by atoms with Crippen molar-refractivity contribution in [3.05, 3.63) is 6.17 Å². The third kappa shape index (κ3) is 0.608. The van der Waals surface area contributed by atoms with Gasteiger partial charge in [-0.1, -0.05) is 0 Å². The molecule has 0 aromatic carbocycles. The van der Waals surface area contributed by atoms with Gasteiger partial charge >= 0.3 is 0 Å². The maximum Gasteiger partial charge on any atom is 0.246 e. The minimum atomic E-state index is -2.07. The lowest BCUT2D eigenvalue weighted by Gasteiger charge is -2.32. The Balaban J connectivity index is 2.43. The van der Waals surface area contributed by atoms with Crippen molar-refractivity contribution in [3.8, 4) is 0 Å². The first-order valence-electron chi connectivity index (χ1n) is 1.97. The van der Waals surface area contributed by atoms with E-state index in [1.807, 2.05) is 0 Å². The molecule has 0 aliphatic carbocycles.